The van der Waals surface area contributed by atoms with E-state index in [0.717, 1.165) is 24.0 Å². The second-order valence-corrected chi connectivity index (χ2v) is 8.89. The van der Waals surface area contributed by atoms with Crippen molar-refractivity contribution in [1.29, 1.82) is 0 Å². The number of hydroxylamine groups is 1. The van der Waals surface area contributed by atoms with E-state index in [4.69, 9.17) is 0 Å². The predicted molar refractivity (Wildman–Crippen MR) is 131 cm³/mol. The number of fused-ring (bicyclic) bond motifs is 1. The topological polar surface area (TPSA) is 116 Å². The zero-order valence-corrected chi connectivity index (χ0v) is 19.4. The Bertz CT molecular complexity index is 1360. The van der Waals surface area contributed by atoms with Crippen LogP contribution in [0.15, 0.2) is 71.4 Å². The van der Waals surface area contributed by atoms with Gasteiger partial charge in [-0.25, -0.2) is 4.98 Å². The Morgan fingerprint density at radius 1 is 1.24 bits per heavy atom. The Morgan fingerprint density at radius 2 is 2.00 bits per heavy atom. The Balaban J connectivity index is 1.85. The summed E-state index contributed by atoms with van der Waals surface area (Å²) in [4.78, 5) is 30.2. The van der Waals surface area contributed by atoms with Crippen molar-refractivity contribution in [3.63, 3.8) is 0 Å². The van der Waals surface area contributed by atoms with E-state index in [1.807, 2.05) is 37.3 Å². The van der Waals surface area contributed by atoms with Gasteiger partial charge in [0.25, 0.3) is 5.91 Å². The first-order chi connectivity index (χ1) is 16.2. The number of aliphatic hydroxyl groups is 1. The summed E-state index contributed by atoms with van der Waals surface area (Å²) in [6.45, 7) is 4.99. The van der Waals surface area contributed by atoms with Crippen LogP contribution in [0.2, 0.25) is 0 Å². The minimum absolute atomic E-state index is 0.0674. The number of hydrogen-bond acceptors (Lipinski definition) is 6. The molecule has 34 heavy (non-hydrogen) atoms. The molecular formula is C26H28N4O4. The number of allylic oxidation sites excluding steroid dienone is 3. The summed E-state index contributed by atoms with van der Waals surface area (Å²) >= 11 is 0. The molecule has 2 aromatic heterocycles. The smallest absolute Gasteiger partial charge is 0.257 e. The molecule has 8 heteroatoms. The number of amides is 1. The van der Waals surface area contributed by atoms with Crippen LogP contribution in [0.4, 0.5) is 0 Å². The minimum atomic E-state index is -1.27. The lowest BCUT2D eigenvalue weighted by Crippen LogP contribution is -2.31. The normalized spacial score (nSPS) is 14.9. The molecule has 0 aliphatic heterocycles. The summed E-state index contributed by atoms with van der Waals surface area (Å²) in [6, 6.07) is 11.0. The van der Waals surface area contributed by atoms with Crippen LogP contribution < -0.4 is 16.2 Å². The minimum Gasteiger partial charge on any atom is -0.384 e. The molecule has 0 saturated heterocycles. The highest BCUT2D eigenvalue weighted by Crippen LogP contribution is 2.25. The molecule has 1 fully saturated rings. The van der Waals surface area contributed by atoms with Crippen LogP contribution in [-0.2, 0) is 0 Å². The van der Waals surface area contributed by atoms with Gasteiger partial charge in [-0.05, 0) is 75.1 Å². The third-order valence-corrected chi connectivity index (χ3v) is 5.77. The molecule has 176 valence electrons. The summed E-state index contributed by atoms with van der Waals surface area (Å²) in [7, 11) is 0. The number of rotatable bonds is 7. The molecule has 3 aromatic rings. The van der Waals surface area contributed by atoms with E-state index >= 15 is 0 Å². The van der Waals surface area contributed by atoms with Gasteiger partial charge >= 0.3 is 0 Å². The van der Waals surface area contributed by atoms with Gasteiger partial charge in [0, 0.05) is 24.1 Å². The number of aromatic nitrogens is 2. The van der Waals surface area contributed by atoms with Crippen molar-refractivity contribution < 1.29 is 15.1 Å². The first-order valence-electron chi connectivity index (χ1n) is 11.2. The zero-order chi connectivity index (χ0) is 24.5. The van der Waals surface area contributed by atoms with Crippen molar-refractivity contribution in [3.8, 4) is 5.69 Å². The van der Waals surface area contributed by atoms with Crippen LogP contribution >= 0.6 is 0 Å². The maximum absolute atomic E-state index is 13.0. The van der Waals surface area contributed by atoms with Crippen molar-refractivity contribution >= 4 is 22.5 Å². The fourth-order valence-electron chi connectivity index (χ4n) is 3.68. The number of hydrogen-bond donors (Lipinski definition) is 4. The van der Waals surface area contributed by atoms with E-state index in [1.54, 1.807) is 42.8 Å². The third kappa shape index (κ3) is 4.78. The van der Waals surface area contributed by atoms with Crippen molar-refractivity contribution in [1.82, 2.24) is 20.3 Å². The van der Waals surface area contributed by atoms with Crippen LogP contribution in [0.3, 0.4) is 0 Å². The van der Waals surface area contributed by atoms with Gasteiger partial charge in [-0.1, -0.05) is 18.2 Å². The standard InChI is InChI=1S/C26H28N4O4/c1-4-16(14-22(29-34)26(2,3)33)17-7-5-8-19(13-17)30-15-21(25(32)28-18-10-11-18)23(31)20-9-6-12-27-24(20)30/h4-9,12-15,18,29,33-34H,10-11H2,1-3H3,(H,28,32)/b16-4+,22-14-. The fraction of sp³-hybridized carbons (Fsp3) is 0.269. The highest BCUT2D eigenvalue weighted by atomic mass is 16.5. The Morgan fingerprint density at radius 3 is 2.65 bits per heavy atom. The van der Waals surface area contributed by atoms with Crippen molar-refractivity contribution in [2.75, 3.05) is 0 Å². The number of pyridine rings is 2. The van der Waals surface area contributed by atoms with E-state index in [2.05, 4.69) is 15.8 Å². The molecule has 0 unspecified atom stereocenters. The van der Waals surface area contributed by atoms with Gasteiger partial charge in [0.1, 0.15) is 16.8 Å². The van der Waals surface area contributed by atoms with Crippen molar-refractivity contribution in [2.45, 2.75) is 45.3 Å². The van der Waals surface area contributed by atoms with Crippen LogP contribution in [0, 0.1) is 0 Å². The molecule has 4 rings (SSSR count). The second kappa shape index (κ2) is 9.24. The van der Waals surface area contributed by atoms with Crippen LogP contribution in [0.25, 0.3) is 22.3 Å². The third-order valence-electron chi connectivity index (χ3n) is 5.77. The average molecular weight is 461 g/mol. The molecule has 4 N–H and O–H groups in total. The fourth-order valence-corrected chi connectivity index (χ4v) is 3.68. The number of nitrogens with zero attached hydrogens (tertiary/aromatic N) is 2. The number of carbonyl (C=O) groups is 1. The van der Waals surface area contributed by atoms with Crippen LogP contribution in [0.1, 0.15) is 49.5 Å². The summed E-state index contributed by atoms with van der Waals surface area (Å²) < 4.78 is 1.74. The van der Waals surface area contributed by atoms with Gasteiger partial charge < -0.3 is 15.0 Å². The molecule has 8 nitrogen and oxygen atoms in total. The highest BCUT2D eigenvalue weighted by molar-refractivity contribution is 5.97. The molecule has 0 atom stereocenters. The SMILES string of the molecule is C/C=C(\C=C(/NO)C(C)(C)O)c1cccc(-n2cc(C(=O)NC3CC3)c(=O)c3cccnc32)c1. The van der Waals surface area contributed by atoms with Gasteiger partial charge in [-0.2, -0.15) is 0 Å². The molecule has 1 aromatic carbocycles. The van der Waals surface area contributed by atoms with Crippen LogP contribution in [0.5, 0.6) is 0 Å². The molecular weight excluding hydrogens is 432 g/mol. The van der Waals surface area contributed by atoms with Gasteiger partial charge in [-0.3, -0.25) is 20.3 Å². The van der Waals surface area contributed by atoms with E-state index in [-0.39, 0.29) is 28.6 Å². The van der Waals surface area contributed by atoms with Crippen molar-refractivity contribution in [3.05, 3.63) is 88.0 Å². The van der Waals surface area contributed by atoms with E-state index in [0.29, 0.717) is 16.7 Å². The van der Waals surface area contributed by atoms with Crippen LogP contribution in [-0.4, -0.2) is 37.4 Å². The quantitative estimate of drug-likeness (QED) is 0.318. The monoisotopic (exact) mass is 460 g/mol. The highest BCUT2D eigenvalue weighted by Gasteiger charge is 2.26. The Kier molecular flexibility index (Phi) is 6.37. The lowest BCUT2D eigenvalue weighted by molar-refractivity contribution is 0.0738. The Labute approximate surface area is 197 Å². The number of benzene rings is 1. The lowest BCUT2D eigenvalue weighted by atomic mass is 9.98. The lowest BCUT2D eigenvalue weighted by Gasteiger charge is -2.21. The second-order valence-electron chi connectivity index (χ2n) is 8.89. The Hall–Kier alpha value is -3.75. The zero-order valence-electron chi connectivity index (χ0n) is 19.4. The average Bonchev–Trinajstić information content (AvgIpc) is 3.63. The maximum Gasteiger partial charge on any atom is 0.257 e. The molecule has 1 aliphatic rings. The predicted octanol–water partition coefficient (Wildman–Crippen LogP) is 3.31. The molecule has 0 radical (unpaired) electrons. The molecule has 1 aliphatic carbocycles. The molecule has 0 spiro atoms. The van der Waals surface area contributed by atoms with Gasteiger partial charge in [-0.15, -0.1) is 0 Å². The molecule has 2 heterocycles. The summed E-state index contributed by atoms with van der Waals surface area (Å²) in [5.41, 5.74) is 3.46. The first-order valence-corrected chi connectivity index (χ1v) is 11.2. The van der Waals surface area contributed by atoms with Gasteiger partial charge in [0.2, 0.25) is 5.43 Å². The molecule has 0 bridgehead atoms. The van der Waals surface area contributed by atoms with E-state index in [9.17, 15) is 19.9 Å². The summed E-state index contributed by atoms with van der Waals surface area (Å²) in [6.07, 6.45) is 8.51. The summed E-state index contributed by atoms with van der Waals surface area (Å²) in [5, 5.41) is 23.0. The number of nitrogens with one attached hydrogen (secondary N) is 2. The van der Waals surface area contributed by atoms with E-state index in [1.165, 1.54) is 6.20 Å². The summed E-state index contributed by atoms with van der Waals surface area (Å²) in [5.74, 6) is -0.385. The molecule has 1 saturated carbocycles. The first kappa shape index (κ1) is 23.4. The largest absolute Gasteiger partial charge is 0.384 e. The van der Waals surface area contributed by atoms with E-state index < -0.39 is 5.60 Å². The maximum atomic E-state index is 13.0. The van der Waals surface area contributed by atoms with Crippen molar-refractivity contribution in [2.24, 2.45) is 0 Å². The molecule has 1 amide bonds. The number of carbonyl (C=O) groups excluding carboxylic acids is 1. The van der Waals surface area contributed by atoms with Gasteiger partial charge in [0.15, 0.2) is 0 Å². The van der Waals surface area contributed by atoms with Gasteiger partial charge in [0.05, 0.1) is 11.1 Å².